The molecule has 0 aliphatic carbocycles. The van der Waals surface area contributed by atoms with E-state index in [1.54, 1.807) is 18.2 Å². The van der Waals surface area contributed by atoms with Gasteiger partial charge >= 0.3 is 0 Å². The van der Waals surface area contributed by atoms with E-state index in [1.807, 2.05) is 19.1 Å². The average molecular weight is 292 g/mol. The Balaban J connectivity index is 1.80. The average Bonchev–Trinajstić information content (AvgIpc) is 2.91. The van der Waals surface area contributed by atoms with Gasteiger partial charge in [0, 0.05) is 10.7 Å². The summed E-state index contributed by atoms with van der Waals surface area (Å²) in [6.07, 6.45) is 2.97. The SMILES string of the molecule is Cc1cc(Cl)ccc1NCC(=O)N/N=C\c1ccco1. The van der Waals surface area contributed by atoms with Gasteiger partial charge in [0.05, 0.1) is 19.0 Å². The number of anilines is 1. The number of nitrogens with zero attached hydrogens (tertiary/aromatic N) is 1. The number of aryl methyl sites for hydroxylation is 1. The molecule has 2 rings (SSSR count). The van der Waals surface area contributed by atoms with E-state index in [1.165, 1.54) is 12.5 Å². The molecule has 6 heteroatoms. The molecule has 0 aliphatic rings. The summed E-state index contributed by atoms with van der Waals surface area (Å²) in [5.41, 5.74) is 4.24. The van der Waals surface area contributed by atoms with Crippen molar-refractivity contribution in [3.63, 3.8) is 0 Å². The molecular formula is C14H14ClN3O2. The number of amides is 1. The van der Waals surface area contributed by atoms with Crippen molar-refractivity contribution in [2.24, 2.45) is 5.10 Å². The van der Waals surface area contributed by atoms with Crippen molar-refractivity contribution in [1.29, 1.82) is 0 Å². The maximum absolute atomic E-state index is 11.6. The number of furan rings is 1. The predicted octanol–water partition coefficient (Wildman–Crippen LogP) is 2.80. The molecule has 0 saturated heterocycles. The largest absolute Gasteiger partial charge is 0.463 e. The number of halogens is 1. The number of rotatable bonds is 5. The zero-order valence-corrected chi connectivity index (χ0v) is 11.6. The summed E-state index contributed by atoms with van der Waals surface area (Å²) >= 11 is 5.86. The Hall–Kier alpha value is -2.27. The Morgan fingerprint density at radius 1 is 1.45 bits per heavy atom. The van der Waals surface area contributed by atoms with E-state index in [-0.39, 0.29) is 12.5 Å². The summed E-state index contributed by atoms with van der Waals surface area (Å²) in [6.45, 7) is 2.04. The highest BCUT2D eigenvalue weighted by atomic mass is 35.5. The van der Waals surface area contributed by atoms with Crippen LogP contribution < -0.4 is 10.7 Å². The first-order valence-corrected chi connectivity index (χ1v) is 6.38. The molecule has 0 spiro atoms. The smallest absolute Gasteiger partial charge is 0.259 e. The minimum Gasteiger partial charge on any atom is -0.463 e. The molecule has 0 atom stereocenters. The van der Waals surface area contributed by atoms with Crippen LogP contribution in [0.4, 0.5) is 5.69 Å². The highest BCUT2D eigenvalue weighted by molar-refractivity contribution is 6.30. The van der Waals surface area contributed by atoms with Gasteiger partial charge in [-0.2, -0.15) is 5.10 Å². The lowest BCUT2D eigenvalue weighted by molar-refractivity contribution is -0.119. The third-order valence-corrected chi connectivity index (χ3v) is 2.79. The quantitative estimate of drug-likeness (QED) is 0.657. The number of hydrazone groups is 1. The molecule has 1 aromatic carbocycles. The molecule has 0 fully saturated rings. The number of hydrogen-bond donors (Lipinski definition) is 2. The number of carbonyl (C=O) groups is 1. The lowest BCUT2D eigenvalue weighted by Gasteiger charge is -2.08. The standard InChI is InChI=1S/C14H14ClN3O2/c1-10-7-11(15)4-5-13(10)16-9-14(19)18-17-8-12-3-2-6-20-12/h2-8,16H,9H2,1H3,(H,18,19)/b17-8-. The summed E-state index contributed by atoms with van der Waals surface area (Å²) < 4.78 is 5.04. The molecule has 0 radical (unpaired) electrons. The van der Waals surface area contributed by atoms with Gasteiger partial charge in [-0.1, -0.05) is 11.6 Å². The highest BCUT2D eigenvalue weighted by Crippen LogP contribution is 2.19. The minimum absolute atomic E-state index is 0.123. The summed E-state index contributed by atoms with van der Waals surface area (Å²) in [5, 5.41) is 7.47. The van der Waals surface area contributed by atoms with Gasteiger partial charge < -0.3 is 9.73 Å². The Labute approximate surface area is 121 Å². The van der Waals surface area contributed by atoms with E-state index in [9.17, 15) is 4.79 Å². The van der Waals surface area contributed by atoms with Crippen LogP contribution in [0.5, 0.6) is 0 Å². The zero-order valence-electron chi connectivity index (χ0n) is 10.9. The molecule has 1 amide bonds. The van der Waals surface area contributed by atoms with Crippen molar-refractivity contribution in [3.05, 3.63) is 52.9 Å². The third-order valence-electron chi connectivity index (χ3n) is 2.55. The third kappa shape index (κ3) is 4.13. The van der Waals surface area contributed by atoms with Crippen molar-refractivity contribution >= 4 is 29.4 Å². The Morgan fingerprint density at radius 3 is 3.00 bits per heavy atom. The van der Waals surface area contributed by atoms with Gasteiger partial charge in [0.25, 0.3) is 5.91 Å². The molecule has 104 valence electrons. The van der Waals surface area contributed by atoms with Crippen molar-refractivity contribution < 1.29 is 9.21 Å². The van der Waals surface area contributed by atoms with Crippen LogP contribution in [-0.4, -0.2) is 18.7 Å². The molecule has 0 bridgehead atoms. The zero-order chi connectivity index (χ0) is 14.4. The second-order valence-electron chi connectivity index (χ2n) is 4.12. The van der Waals surface area contributed by atoms with Crippen molar-refractivity contribution in [2.45, 2.75) is 6.92 Å². The Kier molecular flexibility index (Phi) is 4.79. The van der Waals surface area contributed by atoms with Crippen LogP contribution in [0.1, 0.15) is 11.3 Å². The van der Waals surface area contributed by atoms with Gasteiger partial charge in [-0.15, -0.1) is 0 Å². The van der Waals surface area contributed by atoms with Crippen molar-refractivity contribution in [3.8, 4) is 0 Å². The summed E-state index contributed by atoms with van der Waals surface area (Å²) in [5.74, 6) is 0.328. The van der Waals surface area contributed by atoms with Crippen LogP contribution in [0, 0.1) is 6.92 Å². The molecule has 2 N–H and O–H groups in total. The fourth-order valence-electron chi connectivity index (χ4n) is 1.57. The summed E-state index contributed by atoms with van der Waals surface area (Å²) in [6, 6.07) is 8.91. The summed E-state index contributed by atoms with van der Waals surface area (Å²) in [4.78, 5) is 11.6. The van der Waals surface area contributed by atoms with Crippen molar-refractivity contribution in [2.75, 3.05) is 11.9 Å². The number of carbonyl (C=O) groups excluding carboxylic acids is 1. The van der Waals surface area contributed by atoms with Crippen LogP contribution in [0.2, 0.25) is 5.02 Å². The van der Waals surface area contributed by atoms with Gasteiger partial charge in [-0.05, 0) is 42.8 Å². The van der Waals surface area contributed by atoms with Crippen LogP contribution in [0.25, 0.3) is 0 Å². The Morgan fingerprint density at radius 2 is 2.30 bits per heavy atom. The molecule has 1 heterocycles. The predicted molar refractivity (Wildman–Crippen MR) is 79.1 cm³/mol. The first-order valence-electron chi connectivity index (χ1n) is 6.00. The van der Waals surface area contributed by atoms with Gasteiger partial charge in [-0.3, -0.25) is 4.79 Å². The topological polar surface area (TPSA) is 66.6 Å². The maximum Gasteiger partial charge on any atom is 0.259 e. The molecule has 0 unspecified atom stereocenters. The first kappa shape index (κ1) is 14.1. The van der Waals surface area contributed by atoms with Crippen LogP contribution in [0.15, 0.2) is 46.1 Å². The van der Waals surface area contributed by atoms with Crippen LogP contribution >= 0.6 is 11.6 Å². The summed E-state index contributed by atoms with van der Waals surface area (Å²) in [7, 11) is 0. The molecule has 0 saturated carbocycles. The lowest BCUT2D eigenvalue weighted by atomic mass is 10.2. The lowest BCUT2D eigenvalue weighted by Crippen LogP contribution is -2.26. The maximum atomic E-state index is 11.6. The molecule has 1 aromatic heterocycles. The number of nitrogens with one attached hydrogen (secondary N) is 2. The highest BCUT2D eigenvalue weighted by Gasteiger charge is 2.02. The van der Waals surface area contributed by atoms with Crippen LogP contribution in [0.3, 0.4) is 0 Å². The van der Waals surface area contributed by atoms with E-state index >= 15 is 0 Å². The normalized spacial score (nSPS) is 10.7. The van der Waals surface area contributed by atoms with E-state index in [0.717, 1.165) is 11.3 Å². The van der Waals surface area contributed by atoms with E-state index in [0.29, 0.717) is 10.8 Å². The molecular weight excluding hydrogens is 278 g/mol. The second kappa shape index (κ2) is 6.77. The van der Waals surface area contributed by atoms with Gasteiger partial charge in [0.2, 0.25) is 0 Å². The number of benzene rings is 1. The molecule has 0 aliphatic heterocycles. The van der Waals surface area contributed by atoms with E-state index < -0.39 is 0 Å². The number of hydrogen-bond acceptors (Lipinski definition) is 4. The van der Waals surface area contributed by atoms with Gasteiger partial charge in [0.1, 0.15) is 5.76 Å². The first-order chi connectivity index (χ1) is 9.65. The molecule has 5 nitrogen and oxygen atoms in total. The van der Waals surface area contributed by atoms with Crippen LogP contribution in [-0.2, 0) is 4.79 Å². The van der Waals surface area contributed by atoms with Gasteiger partial charge in [-0.25, -0.2) is 5.43 Å². The molecule has 2 aromatic rings. The van der Waals surface area contributed by atoms with Gasteiger partial charge in [0.15, 0.2) is 0 Å². The second-order valence-corrected chi connectivity index (χ2v) is 4.56. The molecule has 20 heavy (non-hydrogen) atoms. The minimum atomic E-state index is -0.248. The fourth-order valence-corrected chi connectivity index (χ4v) is 1.80. The fraction of sp³-hybridized carbons (Fsp3) is 0.143. The van der Waals surface area contributed by atoms with E-state index in [2.05, 4.69) is 15.8 Å². The Bertz CT molecular complexity index is 609. The van der Waals surface area contributed by atoms with E-state index in [4.69, 9.17) is 16.0 Å². The monoisotopic (exact) mass is 291 g/mol. The van der Waals surface area contributed by atoms with Crippen molar-refractivity contribution in [1.82, 2.24) is 5.43 Å².